The van der Waals surface area contributed by atoms with Crippen LogP contribution in [0.25, 0.3) is 28.0 Å². The topological polar surface area (TPSA) is 123 Å². The number of pyridine rings is 2. The number of halogens is 2. The molecule has 4 aromatic rings. The molecule has 2 aliphatic heterocycles. The lowest BCUT2D eigenvalue weighted by Gasteiger charge is -2.40. The maximum atomic E-state index is 16.3. The van der Waals surface area contributed by atoms with Gasteiger partial charge in [0, 0.05) is 44.0 Å². The van der Waals surface area contributed by atoms with Crippen LogP contribution >= 0.6 is 0 Å². The van der Waals surface area contributed by atoms with Crippen LogP contribution in [0.4, 0.5) is 14.6 Å². The summed E-state index contributed by atoms with van der Waals surface area (Å²) in [7, 11) is 0. The highest BCUT2D eigenvalue weighted by Gasteiger charge is 2.34. The van der Waals surface area contributed by atoms with E-state index in [0.29, 0.717) is 30.9 Å². The number of rotatable bonds is 5. The van der Waals surface area contributed by atoms with E-state index in [9.17, 15) is 14.7 Å². The maximum absolute atomic E-state index is 16.3. The number of hydrogen-bond acceptors (Lipinski definition) is 9. The lowest BCUT2D eigenvalue weighted by Crippen LogP contribution is -2.54. The number of carbonyl (C=O) groups excluding carboxylic acids is 1. The van der Waals surface area contributed by atoms with Gasteiger partial charge in [0.15, 0.2) is 11.5 Å². The molecule has 11 nitrogen and oxygen atoms in total. The highest BCUT2D eigenvalue weighted by molar-refractivity contribution is 5.91. The van der Waals surface area contributed by atoms with E-state index in [2.05, 4.69) is 21.5 Å². The van der Waals surface area contributed by atoms with Gasteiger partial charge < -0.3 is 24.4 Å². The molecule has 3 aromatic heterocycles. The normalized spacial score (nSPS) is 19.5. The predicted octanol–water partition coefficient (Wildman–Crippen LogP) is 4.30. The van der Waals surface area contributed by atoms with Crippen LogP contribution in [-0.2, 0) is 9.53 Å². The number of anilines is 1. The van der Waals surface area contributed by atoms with Gasteiger partial charge in [0.05, 0.1) is 22.3 Å². The van der Waals surface area contributed by atoms with E-state index in [1.807, 2.05) is 25.7 Å². The van der Waals surface area contributed by atoms with Crippen molar-refractivity contribution in [3.8, 4) is 22.7 Å². The average molecular weight is 647 g/mol. The van der Waals surface area contributed by atoms with Gasteiger partial charge in [0.25, 0.3) is 0 Å². The Labute approximate surface area is 270 Å². The Hall–Kier alpha value is -4.75. The largest absolute Gasteiger partial charge is 0.490 e. The predicted molar refractivity (Wildman–Crippen MR) is 172 cm³/mol. The van der Waals surface area contributed by atoms with Crippen LogP contribution in [0.3, 0.4) is 0 Å². The molecule has 1 aromatic carbocycles. The molecule has 2 bridgehead atoms. The summed E-state index contributed by atoms with van der Waals surface area (Å²) in [5.41, 5.74) is -0.176. The van der Waals surface area contributed by atoms with Gasteiger partial charge in [-0.15, -0.1) is 0 Å². The number of fused-ring (bicyclic) bond motifs is 5. The molecule has 1 N–H and O–H groups in total. The summed E-state index contributed by atoms with van der Waals surface area (Å²) in [6.07, 6.45) is 0.544. The molecular formula is C34H36F2N6O5. The third kappa shape index (κ3) is 5.63. The zero-order chi connectivity index (χ0) is 33.6. The first-order chi connectivity index (χ1) is 22.5. The Kier molecular flexibility index (Phi) is 8.77. The van der Waals surface area contributed by atoms with Crippen molar-refractivity contribution in [2.24, 2.45) is 0 Å². The van der Waals surface area contributed by atoms with Gasteiger partial charge in [-0.3, -0.25) is 9.78 Å². The number of aliphatic hydroxyl groups excluding tert-OH is 1. The van der Waals surface area contributed by atoms with Crippen LogP contribution < -0.4 is 15.3 Å². The van der Waals surface area contributed by atoms with Crippen LogP contribution in [0.5, 0.6) is 5.75 Å². The quantitative estimate of drug-likeness (QED) is 0.316. The number of nitrogens with zero attached hydrogens (tertiary/aromatic N) is 6. The molecule has 1 saturated heterocycles. The SMILES string of the molecule is C=CC(=O)N1CCN(c2nc(=O)n3c4nc(c(F)cc24)-c2c(F)cccc2OCC(O)C(OCC)c2ccnc(C(C)C)c2-3)[C@@H](C)C1. The number of amides is 1. The van der Waals surface area contributed by atoms with Crippen molar-refractivity contribution < 1.29 is 28.2 Å². The molecule has 1 amide bonds. The van der Waals surface area contributed by atoms with Crippen LogP contribution in [0.2, 0.25) is 0 Å². The molecular weight excluding hydrogens is 610 g/mol. The van der Waals surface area contributed by atoms with Crippen LogP contribution in [0.1, 0.15) is 51.0 Å². The van der Waals surface area contributed by atoms with Crippen molar-refractivity contribution in [2.75, 3.05) is 37.7 Å². The van der Waals surface area contributed by atoms with Gasteiger partial charge in [-0.25, -0.2) is 23.1 Å². The molecule has 2 aliphatic rings. The summed E-state index contributed by atoms with van der Waals surface area (Å²) in [6.45, 7) is 11.8. The molecule has 47 heavy (non-hydrogen) atoms. The molecule has 3 atom stereocenters. The molecule has 0 spiro atoms. The summed E-state index contributed by atoms with van der Waals surface area (Å²) in [6, 6.07) is 6.58. The molecule has 5 heterocycles. The number of piperazine rings is 1. The third-order valence-electron chi connectivity index (χ3n) is 8.57. The van der Waals surface area contributed by atoms with Crippen LogP contribution in [0, 0.1) is 11.6 Å². The maximum Gasteiger partial charge on any atom is 0.355 e. The summed E-state index contributed by atoms with van der Waals surface area (Å²) in [5.74, 6) is -1.97. The summed E-state index contributed by atoms with van der Waals surface area (Å²) < 4.78 is 45.1. The van der Waals surface area contributed by atoms with Gasteiger partial charge in [0.2, 0.25) is 5.91 Å². The van der Waals surface area contributed by atoms with Gasteiger partial charge >= 0.3 is 5.69 Å². The zero-order valence-corrected chi connectivity index (χ0v) is 26.6. The minimum absolute atomic E-state index is 0.00358. The van der Waals surface area contributed by atoms with E-state index in [0.717, 1.165) is 6.07 Å². The Morgan fingerprint density at radius 3 is 2.70 bits per heavy atom. The number of carbonyl (C=O) groups is 1. The number of aromatic nitrogens is 4. The van der Waals surface area contributed by atoms with Crippen molar-refractivity contribution in [1.29, 1.82) is 0 Å². The zero-order valence-electron chi connectivity index (χ0n) is 26.6. The van der Waals surface area contributed by atoms with Crippen molar-refractivity contribution in [3.05, 3.63) is 82.6 Å². The van der Waals surface area contributed by atoms with E-state index in [-0.39, 0.29) is 70.6 Å². The van der Waals surface area contributed by atoms with Crippen molar-refractivity contribution in [1.82, 2.24) is 24.4 Å². The molecule has 0 saturated carbocycles. The fraction of sp³-hybridized carbons (Fsp3) is 0.382. The van der Waals surface area contributed by atoms with Gasteiger partial charge in [-0.1, -0.05) is 26.5 Å². The first-order valence-electron chi connectivity index (χ1n) is 15.6. The summed E-state index contributed by atoms with van der Waals surface area (Å²) >= 11 is 0. The first kappa shape index (κ1) is 32.2. The Morgan fingerprint density at radius 1 is 1.21 bits per heavy atom. The molecule has 2 unspecified atom stereocenters. The minimum Gasteiger partial charge on any atom is -0.490 e. The molecule has 13 heteroatoms. The summed E-state index contributed by atoms with van der Waals surface area (Å²) in [4.78, 5) is 44.0. The second-order valence-corrected chi connectivity index (χ2v) is 11.9. The lowest BCUT2D eigenvalue weighted by molar-refractivity contribution is -0.126. The van der Waals surface area contributed by atoms with Crippen molar-refractivity contribution >= 4 is 22.8 Å². The van der Waals surface area contributed by atoms with Crippen LogP contribution in [0.15, 0.2) is 54.0 Å². The van der Waals surface area contributed by atoms with Crippen molar-refractivity contribution in [2.45, 2.75) is 51.9 Å². The standard InChI is InChI=1S/C34H36F2N6O5/c1-6-26(44)40-13-14-41(19(5)16-40)32-21-15-23(36)29-27-22(35)9-8-10-25(27)47-17-24(43)31(46-7-2)20-11-12-37-28(18(3)4)30(20)42(33(21)38-29)34(45)39-32/h6,8-12,15,18-19,24,31,43H,1,7,13-14,16-17H2,2-5H3/t19-,24?,31?/m0/s1. The Balaban J connectivity index is 1.72. The summed E-state index contributed by atoms with van der Waals surface area (Å²) in [5, 5.41) is 11.6. The van der Waals surface area contributed by atoms with Crippen LogP contribution in [-0.4, -0.2) is 80.4 Å². The monoisotopic (exact) mass is 646 g/mol. The molecule has 246 valence electrons. The minimum atomic E-state index is -1.28. The van der Waals surface area contributed by atoms with Gasteiger partial charge in [0.1, 0.15) is 41.9 Å². The molecule has 0 aliphatic carbocycles. The number of aliphatic hydroxyl groups is 1. The third-order valence-corrected chi connectivity index (χ3v) is 8.57. The van der Waals surface area contributed by atoms with Crippen molar-refractivity contribution in [3.63, 3.8) is 0 Å². The second-order valence-electron chi connectivity index (χ2n) is 11.9. The molecule has 1 fully saturated rings. The average Bonchev–Trinajstić information content (AvgIpc) is 3.05. The first-order valence-corrected chi connectivity index (χ1v) is 15.6. The fourth-order valence-electron chi connectivity index (χ4n) is 6.39. The highest BCUT2D eigenvalue weighted by atomic mass is 19.1. The number of hydrogen-bond donors (Lipinski definition) is 1. The smallest absolute Gasteiger partial charge is 0.355 e. The second kappa shape index (κ2) is 12.8. The van der Waals surface area contributed by atoms with E-state index < -0.39 is 29.5 Å². The fourth-order valence-corrected chi connectivity index (χ4v) is 6.39. The van der Waals surface area contributed by atoms with E-state index in [4.69, 9.17) is 9.47 Å². The van der Waals surface area contributed by atoms with E-state index >= 15 is 8.78 Å². The molecule has 0 radical (unpaired) electrons. The van der Waals surface area contributed by atoms with Gasteiger partial charge in [-0.2, -0.15) is 4.98 Å². The van der Waals surface area contributed by atoms with E-state index in [1.54, 1.807) is 24.1 Å². The Morgan fingerprint density at radius 2 is 2.00 bits per heavy atom. The lowest BCUT2D eigenvalue weighted by atomic mass is 9.97. The number of ether oxygens (including phenoxy) is 2. The highest BCUT2D eigenvalue weighted by Crippen LogP contribution is 2.39. The number of benzene rings is 1. The Bertz CT molecular complexity index is 1930. The van der Waals surface area contributed by atoms with Gasteiger partial charge in [-0.05, 0) is 50.1 Å². The molecule has 6 rings (SSSR count). The van der Waals surface area contributed by atoms with E-state index in [1.165, 1.54) is 28.8 Å².